The summed E-state index contributed by atoms with van der Waals surface area (Å²) >= 11 is 3.67. The van der Waals surface area contributed by atoms with E-state index < -0.39 is 0 Å². The third kappa shape index (κ3) is 3.89. The van der Waals surface area contributed by atoms with Gasteiger partial charge in [0.15, 0.2) is 0 Å². The fraction of sp³-hybridized carbons (Fsp3) is 0.412. The molecule has 1 atom stereocenters. The van der Waals surface area contributed by atoms with Crippen molar-refractivity contribution in [3.63, 3.8) is 0 Å². The van der Waals surface area contributed by atoms with E-state index in [0.717, 1.165) is 24.0 Å². The number of hydrogen-bond donors (Lipinski definition) is 0. The molecule has 3 heterocycles. The Hall–Kier alpha value is -0.460. The van der Waals surface area contributed by atoms with E-state index in [-0.39, 0.29) is 17.0 Å². The second-order valence-corrected chi connectivity index (χ2v) is 8.17. The van der Waals surface area contributed by atoms with Crippen LogP contribution >= 0.6 is 22.7 Å². The summed E-state index contributed by atoms with van der Waals surface area (Å²) in [6.45, 7) is 2.19. The van der Waals surface area contributed by atoms with Gasteiger partial charge in [-0.1, -0.05) is 12.1 Å². The molecule has 22 heavy (non-hydrogen) atoms. The van der Waals surface area contributed by atoms with Gasteiger partial charge in [0.1, 0.15) is 19.2 Å². The normalized spacial score (nSPS) is 20.5. The summed E-state index contributed by atoms with van der Waals surface area (Å²) in [6.07, 6.45) is 1.36. The minimum absolute atomic E-state index is 0. The molecule has 0 radical (unpaired) electrons. The molecule has 1 saturated heterocycles. The van der Waals surface area contributed by atoms with Crippen molar-refractivity contribution in [2.24, 2.45) is 0 Å². The third-order valence-electron chi connectivity index (χ3n) is 4.01. The van der Waals surface area contributed by atoms with Crippen molar-refractivity contribution >= 4 is 28.2 Å². The Morgan fingerprint density at radius 1 is 1.14 bits per heavy atom. The van der Waals surface area contributed by atoms with Crippen LogP contribution in [0, 0.1) is 0 Å². The maximum atomic E-state index is 5.70. The highest BCUT2D eigenvalue weighted by Crippen LogP contribution is 2.37. The predicted octanol–water partition coefficient (Wildman–Crippen LogP) is 1.11. The topological polar surface area (TPSA) is 9.23 Å². The average Bonchev–Trinajstić information content (AvgIpc) is 3.11. The van der Waals surface area contributed by atoms with Gasteiger partial charge in [0.2, 0.25) is 0 Å². The molecule has 0 aromatic carbocycles. The summed E-state index contributed by atoms with van der Waals surface area (Å²) in [6, 6.07) is 8.77. The van der Waals surface area contributed by atoms with Crippen molar-refractivity contribution in [2.45, 2.75) is 12.5 Å². The number of hydrogen-bond acceptors (Lipinski definition) is 3. The molecule has 2 aromatic rings. The lowest BCUT2D eigenvalue weighted by Gasteiger charge is -2.39. The van der Waals surface area contributed by atoms with Crippen LogP contribution in [0.3, 0.4) is 0 Å². The van der Waals surface area contributed by atoms with Crippen LogP contribution in [-0.4, -0.2) is 44.9 Å². The number of rotatable bonds is 3. The SMILES string of the molecule is COC1CC(=C(c2cccs2)c2cccs2)C[N+](C)(C)C1.[Br-]. The molecule has 120 valence electrons. The van der Waals surface area contributed by atoms with Gasteiger partial charge in [-0.25, -0.2) is 0 Å². The van der Waals surface area contributed by atoms with E-state index in [0.29, 0.717) is 6.10 Å². The molecule has 0 saturated carbocycles. The van der Waals surface area contributed by atoms with Crippen LogP contribution in [0.2, 0.25) is 0 Å². The van der Waals surface area contributed by atoms with Crippen LogP contribution in [-0.2, 0) is 4.74 Å². The van der Waals surface area contributed by atoms with Crippen LogP contribution < -0.4 is 17.0 Å². The van der Waals surface area contributed by atoms with E-state index in [1.807, 2.05) is 29.8 Å². The smallest absolute Gasteiger partial charge is 0.110 e. The summed E-state index contributed by atoms with van der Waals surface area (Å²) in [5.41, 5.74) is 2.97. The number of piperidine rings is 1. The molecular weight excluding hydrogens is 378 g/mol. The molecule has 1 aliphatic heterocycles. The molecule has 0 N–H and O–H groups in total. The van der Waals surface area contributed by atoms with Crippen molar-refractivity contribution in [3.8, 4) is 0 Å². The molecule has 1 unspecified atom stereocenters. The van der Waals surface area contributed by atoms with Crippen molar-refractivity contribution < 1.29 is 26.2 Å². The van der Waals surface area contributed by atoms with Crippen LogP contribution in [0.15, 0.2) is 40.6 Å². The van der Waals surface area contributed by atoms with Crippen molar-refractivity contribution in [1.29, 1.82) is 0 Å². The molecule has 5 heteroatoms. The zero-order valence-electron chi connectivity index (χ0n) is 13.2. The van der Waals surface area contributed by atoms with Crippen LogP contribution in [0.1, 0.15) is 16.2 Å². The van der Waals surface area contributed by atoms with Gasteiger partial charge in [-0.15, -0.1) is 22.7 Å². The van der Waals surface area contributed by atoms with Gasteiger partial charge in [-0.3, -0.25) is 0 Å². The lowest BCUT2D eigenvalue weighted by molar-refractivity contribution is -0.892. The first kappa shape index (κ1) is 17.9. The second-order valence-electron chi connectivity index (χ2n) is 6.27. The minimum atomic E-state index is 0. The van der Waals surface area contributed by atoms with Crippen LogP contribution in [0.4, 0.5) is 0 Å². The first-order valence-corrected chi connectivity index (χ1v) is 8.99. The predicted molar refractivity (Wildman–Crippen MR) is 91.9 cm³/mol. The number of thiophene rings is 2. The van der Waals surface area contributed by atoms with Gasteiger partial charge < -0.3 is 26.2 Å². The van der Waals surface area contributed by atoms with Gasteiger partial charge in [-0.05, 0) is 28.5 Å². The van der Waals surface area contributed by atoms with Gasteiger partial charge in [0.05, 0.1) is 14.1 Å². The number of quaternary nitrogens is 1. The summed E-state index contributed by atoms with van der Waals surface area (Å²) in [5.74, 6) is 0. The Morgan fingerprint density at radius 3 is 2.18 bits per heavy atom. The number of halogens is 1. The molecule has 0 spiro atoms. The van der Waals surface area contributed by atoms with Gasteiger partial charge in [0, 0.05) is 28.9 Å². The molecule has 0 aliphatic carbocycles. The number of nitrogens with zero attached hydrogens (tertiary/aromatic N) is 1. The second kappa shape index (κ2) is 7.41. The quantitative estimate of drug-likeness (QED) is 0.702. The first-order chi connectivity index (χ1) is 10.1. The van der Waals surface area contributed by atoms with Gasteiger partial charge >= 0.3 is 0 Å². The van der Waals surface area contributed by atoms with E-state index in [1.165, 1.54) is 20.9 Å². The molecule has 3 rings (SSSR count). The zero-order valence-corrected chi connectivity index (χ0v) is 16.4. The molecule has 0 amide bonds. The highest BCUT2D eigenvalue weighted by molar-refractivity contribution is 7.13. The molecular formula is C17H22BrNOS2. The fourth-order valence-corrected chi connectivity index (χ4v) is 4.92. The van der Waals surface area contributed by atoms with Gasteiger partial charge in [0.25, 0.3) is 0 Å². The van der Waals surface area contributed by atoms with E-state index in [1.54, 1.807) is 0 Å². The Kier molecular flexibility index (Phi) is 6.02. The fourth-order valence-electron chi connectivity index (χ4n) is 3.19. The third-order valence-corrected chi connectivity index (χ3v) is 5.79. The van der Waals surface area contributed by atoms with Crippen molar-refractivity contribution in [3.05, 3.63) is 50.4 Å². The van der Waals surface area contributed by atoms with E-state index in [2.05, 4.69) is 49.1 Å². The van der Waals surface area contributed by atoms with Crippen molar-refractivity contribution in [2.75, 3.05) is 34.3 Å². The molecule has 1 fully saturated rings. The standard InChI is InChI=1S/C17H22NOS2.BrH/c1-18(2)11-13(10-14(12-18)19-3)17(15-6-4-8-20-15)16-7-5-9-21-16;/h4-9,14H,10-12H2,1-3H3;1H/q+1;/p-1. The van der Waals surface area contributed by atoms with Crippen LogP contribution in [0.25, 0.3) is 5.57 Å². The lowest BCUT2D eigenvalue weighted by Crippen LogP contribution is -3.00. The average molecular weight is 400 g/mol. The summed E-state index contributed by atoms with van der Waals surface area (Å²) < 4.78 is 6.69. The first-order valence-electron chi connectivity index (χ1n) is 7.23. The monoisotopic (exact) mass is 399 g/mol. The molecule has 0 bridgehead atoms. The lowest BCUT2D eigenvalue weighted by atomic mass is 9.94. The summed E-state index contributed by atoms with van der Waals surface area (Å²) in [5, 5.41) is 4.33. The molecule has 1 aliphatic rings. The molecule has 2 aromatic heterocycles. The Morgan fingerprint density at radius 2 is 1.73 bits per heavy atom. The number of methoxy groups -OCH3 is 1. The molecule has 2 nitrogen and oxygen atoms in total. The highest BCUT2D eigenvalue weighted by atomic mass is 79.9. The summed E-state index contributed by atoms with van der Waals surface area (Å²) in [4.78, 5) is 2.76. The van der Waals surface area contributed by atoms with E-state index >= 15 is 0 Å². The zero-order chi connectivity index (χ0) is 14.9. The van der Waals surface area contributed by atoms with Crippen molar-refractivity contribution in [1.82, 2.24) is 0 Å². The largest absolute Gasteiger partial charge is 1.00 e. The van der Waals surface area contributed by atoms with E-state index in [4.69, 9.17) is 4.74 Å². The maximum Gasteiger partial charge on any atom is 0.110 e. The summed E-state index contributed by atoms with van der Waals surface area (Å²) in [7, 11) is 6.43. The number of likely N-dealkylation sites (N-methyl/N-ethyl adjacent to an activating group) is 1. The van der Waals surface area contributed by atoms with Gasteiger partial charge in [-0.2, -0.15) is 0 Å². The van der Waals surface area contributed by atoms with Crippen LogP contribution in [0.5, 0.6) is 0 Å². The maximum absolute atomic E-state index is 5.70. The Bertz CT molecular complexity index is 581. The number of ether oxygens (including phenoxy) is 1. The Labute approximate surface area is 151 Å². The Balaban J connectivity index is 0.00000176. The minimum Gasteiger partial charge on any atom is -1.00 e. The number of likely N-dealkylation sites (tertiary alicyclic amines) is 1. The highest BCUT2D eigenvalue weighted by Gasteiger charge is 2.33. The van der Waals surface area contributed by atoms with E-state index in [9.17, 15) is 0 Å².